The van der Waals surface area contributed by atoms with E-state index in [1.165, 1.54) is 193 Å². The van der Waals surface area contributed by atoms with Crippen LogP contribution in [0.1, 0.15) is 245 Å². The smallest absolute Gasteiger partial charge is 0.222 e. The Morgan fingerprint density at radius 2 is 0.820 bits per heavy atom. The molecule has 0 aliphatic carbocycles. The van der Waals surface area contributed by atoms with Gasteiger partial charge in [0.25, 0.3) is 0 Å². The number of aliphatic hydroxyl groups excluding tert-OH is 3. The first-order valence-corrected chi connectivity index (χ1v) is 22.5. The van der Waals surface area contributed by atoms with Crippen molar-refractivity contribution in [2.24, 2.45) is 0 Å². The molecule has 0 rings (SSSR count). The molecule has 3 atom stereocenters. The van der Waals surface area contributed by atoms with Crippen molar-refractivity contribution in [2.45, 2.75) is 263 Å². The van der Waals surface area contributed by atoms with E-state index in [4.69, 9.17) is 0 Å². The SMILES string of the molecule is CCCCCCCCCCCCCCCCCCCCCCCC/C=C/C(O)C(CO)NC(=O)CC(O)CCCCCCCCCCCCC. The van der Waals surface area contributed by atoms with Crippen LogP contribution in [-0.4, -0.2) is 46.1 Å². The number of unbranched alkanes of at least 4 members (excludes halogenated alkanes) is 32. The summed E-state index contributed by atoms with van der Waals surface area (Å²) in [6, 6.07) is -0.738. The molecule has 3 unspecified atom stereocenters. The molecule has 0 aromatic rings. The van der Waals surface area contributed by atoms with Gasteiger partial charge in [0, 0.05) is 0 Å². The third-order valence-electron chi connectivity index (χ3n) is 10.6. The van der Waals surface area contributed by atoms with Gasteiger partial charge in [-0.2, -0.15) is 0 Å². The van der Waals surface area contributed by atoms with E-state index in [0.29, 0.717) is 6.42 Å². The van der Waals surface area contributed by atoms with Gasteiger partial charge in [0.2, 0.25) is 5.91 Å². The van der Waals surface area contributed by atoms with E-state index in [9.17, 15) is 20.1 Å². The number of carbonyl (C=O) groups is 1. The summed E-state index contributed by atoms with van der Waals surface area (Å²) in [6.07, 6.45) is 47.9. The van der Waals surface area contributed by atoms with Gasteiger partial charge in [0.05, 0.1) is 31.3 Å². The van der Waals surface area contributed by atoms with Crippen molar-refractivity contribution in [1.82, 2.24) is 5.32 Å². The summed E-state index contributed by atoms with van der Waals surface area (Å²) in [4.78, 5) is 12.4. The van der Waals surface area contributed by atoms with Crippen molar-refractivity contribution in [3.63, 3.8) is 0 Å². The van der Waals surface area contributed by atoms with E-state index in [1.54, 1.807) is 6.08 Å². The van der Waals surface area contributed by atoms with Crippen LogP contribution >= 0.6 is 0 Å². The molecule has 5 heteroatoms. The fraction of sp³-hybridized carbons (Fsp3) is 0.933. The van der Waals surface area contributed by atoms with Gasteiger partial charge in [-0.3, -0.25) is 4.79 Å². The minimum absolute atomic E-state index is 0.0180. The van der Waals surface area contributed by atoms with Gasteiger partial charge in [-0.25, -0.2) is 0 Å². The molecule has 50 heavy (non-hydrogen) atoms. The molecule has 5 nitrogen and oxygen atoms in total. The quantitative estimate of drug-likeness (QED) is 0.0376. The van der Waals surface area contributed by atoms with Crippen molar-refractivity contribution in [2.75, 3.05) is 6.61 Å². The van der Waals surface area contributed by atoms with Crippen LogP contribution in [0.25, 0.3) is 0 Å². The number of nitrogens with one attached hydrogen (secondary N) is 1. The molecule has 0 aromatic heterocycles. The summed E-state index contributed by atoms with van der Waals surface area (Å²) in [6.45, 7) is 4.22. The zero-order chi connectivity index (χ0) is 36.6. The Balaban J connectivity index is 3.58. The molecule has 0 radical (unpaired) electrons. The summed E-state index contributed by atoms with van der Waals surface area (Å²) in [5, 5.41) is 33.2. The van der Waals surface area contributed by atoms with Crippen LogP contribution in [0, 0.1) is 0 Å². The molecular formula is C45H89NO4. The predicted molar refractivity (Wildman–Crippen MR) is 218 cm³/mol. The van der Waals surface area contributed by atoms with Crippen LogP contribution in [0.15, 0.2) is 12.2 Å². The number of carbonyl (C=O) groups excluding carboxylic acids is 1. The summed E-state index contributed by atoms with van der Waals surface area (Å²) in [7, 11) is 0. The zero-order valence-electron chi connectivity index (χ0n) is 33.8. The first kappa shape index (κ1) is 49.1. The molecule has 0 fully saturated rings. The third kappa shape index (κ3) is 36.9. The van der Waals surface area contributed by atoms with Crippen LogP contribution in [-0.2, 0) is 4.79 Å². The molecule has 0 bridgehead atoms. The van der Waals surface area contributed by atoms with Gasteiger partial charge in [-0.15, -0.1) is 0 Å². The van der Waals surface area contributed by atoms with Gasteiger partial charge in [-0.1, -0.05) is 231 Å². The maximum atomic E-state index is 12.4. The molecule has 0 aromatic carbocycles. The first-order chi connectivity index (χ1) is 24.5. The van der Waals surface area contributed by atoms with Crippen molar-refractivity contribution >= 4 is 5.91 Å². The second-order valence-corrected chi connectivity index (χ2v) is 15.7. The number of hydrogen-bond donors (Lipinski definition) is 4. The van der Waals surface area contributed by atoms with Gasteiger partial charge < -0.3 is 20.6 Å². The maximum absolute atomic E-state index is 12.4. The van der Waals surface area contributed by atoms with E-state index < -0.39 is 18.2 Å². The number of rotatable bonds is 41. The minimum atomic E-state index is -0.924. The van der Waals surface area contributed by atoms with Crippen LogP contribution in [0.5, 0.6) is 0 Å². The number of aliphatic hydroxyl groups is 3. The van der Waals surface area contributed by atoms with E-state index >= 15 is 0 Å². The lowest BCUT2D eigenvalue weighted by molar-refractivity contribution is -0.124. The second-order valence-electron chi connectivity index (χ2n) is 15.7. The monoisotopic (exact) mass is 708 g/mol. The van der Waals surface area contributed by atoms with E-state index in [0.717, 1.165) is 25.7 Å². The van der Waals surface area contributed by atoms with Crippen LogP contribution in [0.4, 0.5) is 0 Å². The Hall–Kier alpha value is -0.910. The van der Waals surface area contributed by atoms with Gasteiger partial charge in [-0.05, 0) is 19.3 Å². The fourth-order valence-corrected chi connectivity index (χ4v) is 7.11. The number of hydrogen-bond acceptors (Lipinski definition) is 4. The molecule has 0 spiro atoms. The highest BCUT2D eigenvalue weighted by Crippen LogP contribution is 2.16. The van der Waals surface area contributed by atoms with Crippen LogP contribution < -0.4 is 5.32 Å². The number of allylic oxidation sites excluding steroid dienone is 1. The Morgan fingerprint density at radius 1 is 0.500 bits per heavy atom. The van der Waals surface area contributed by atoms with Crippen LogP contribution in [0.2, 0.25) is 0 Å². The summed E-state index contributed by atoms with van der Waals surface area (Å²) in [5.74, 6) is -0.313. The van der Waals surface area contributed by atoms with E-state index in [2.05, 4.69) is 19.2 Å². The van der Waals surface area contributed by atoms with Crippen molar-refractivity contribution < 1.29 is 20.1 Å². The highest BCUT2D eigenvalue weighted by molar-refractivity contribution is 5.76. The Kier molecular flexibility index (Phi) is 40.1. The highest BCUT2D eigenvalue weighted by Gasteiger charge is 2.20. The lowest BCUT2D eigenvalue weighted by atomic mass is 10.0. The number of amides is 1. The molecule has 4 N–H and O–H groups in total. The topological polar surface area (TPSA) is 89.8 Å². The normalized spacial score (nSPS) is 13.6. The zero-order valence-corrected chi connectivity index (χ0v) is 33.8. The fourth-order valence-electron chi connectivity index (χ4n) is 7.11. The van der Waals surface area contributed by atoms with Crippen molar-refractivity contribution in [3.05, 3.63) is 12.2 Å². The van der Waals surface area contributed by atoms with Gasteiger partial charge in [0.1, 0.15) is 0 Å². The predicted octanol–water partition coefficient (Wildman–Crippen LogP) is 12.8. The molecule has 0 aliphatic rings. The van der Waals surface area contributed by atoms with Gasteiger partial charge in [0.15, 0.2) is 0 Å². The van der Waals surface area contributed by atoms with Crippen LogP contribution in [0.3, 0.4) is 0 Å². The molecule has 0 aliphatic heterocycles. The first-order valence-electron chi connectivity index (χ1n) is 22.5. The third-order valence-corrected chi connectivity index (χ3v) is 10.6. The standard InChI is InChI=1S/C45H89NO4/c1-3-5-7-9-11-13-15-16-17-18-19-20-21-22-23-24-25-26-27-29-31-33-35-37-39-44(49)43(41-47)46-45(50)40-42(48)38-36-34-32-30-28-14-12-10-8-6-4-2/h37,39,42-44,47-49H,3-36,38,40-41H2,1-2H3,(H,46,50)/b39-37+. The largest absolute Gasteiger partial charge is 0.394 e. The Bertz CT molecular complexity index is 699. The summed E-state index contributed by atoms with van der Waals surface area (Å²) < 4.78 is 0. The molecule has 298 valence electrons. The van der Waals surface area contributed by atoms with E-state index in [-0.39, 0.29) is 18.9 Å². The molecule has 0 heterocycles. The molecule has 1 amide bonds. The molecule has 0 saturated carbocycles. The minimum Gasteiger partial charge on any atom is -0.394 e. The Labute approximate surface area is 312 Å². The van der Waals surface area contributed by atoms with Crippen molar-refractivity contribution in [1.29, 1.82) is 0 Å². The lowest BCUT2D eigenvalue weighted by Crippen LogP contribution is -2.45. The average Bonchev–Trinajstić information content (AvgIpc) is 3.11. The summed E-state index contributed by atoms with van der Waals surface area (Å²) in [5.41, 5.74) is 0. The highest BCUT2D eigenvalue weighted by atomic mass is 16.3. The lowest BCUT2D eigenvalue weighted by Gasteiger charge is -2.21. The average molecular weight is 708 g/mol. The molecular weight excluding hydrogens is 618 g/mol. The maximum Gasteiger partial charge on any atom is 0.222 e. The second kappa shape index (κ2) is 40.9. The Morgan fingerprint density at radius 3 is 1.16 bits per heavy atom. The van der Waals surface area contributed by atoms with Crippen molar-refractivity contribution in [3.8, 4) is 0 Å². The summed E-state index contributed by atoms with van der Waals surface area (Å²) >= 11 is 0. The molecule has 0 saturated heterocycles. The van der Waals surface area contributed by atoms with E-state index in [1.807, 2.05) is 6.08 Å². The van der Waals surface area contributed by atoms with Gasteiger partial charge >= 0.3 is 0 Å².